The summed E-state index contributed by atoms with van der Waals surface area (Å²) in [5, 5.41) is 4.31. The highest BCUT2D eigenvalue weighted by Crippen LogP contribution is 2.14. The van der Waals surface area contributed by atoms with Gasteiger partial charge in [-0.15, -0.1) is 0 Å². The number of hydrogen-bond donors (Lipinski definition) is 1. The number of rotatable bonds is 8. The maximum Gasteiger partial charge on any atom is 0.187 e. The fourth-order valence-electron chi connectivity index (χ4n) is 1.53. The Hall–Kier alpha value is -0.610. The predicted octanol–water partition coefficient (Wildman–Crippen LogP) is 2.74. The third-order valence-electron chi connectivity index (χ3n) is 2.36. The lowest BCUT2D eigenvalue weighted by Gasteiger charge is -2.11. The Morgan fingerprint density at radius 2 is 2.06 bits per heavy atom. The largest absolute Gasteiger partial charge is 0.315 e. The van der Waals surface area contributed by atoms with Gasteiger partial charge in [-0.1, -0.05) is 25.1 Å². The van der Waals surface area contributed by atoms with E-state index in [1.807, 2.05) is 6.07 Å². The first kappa shape index (κ1) is 13.5. The van der Waals surface area contributed by atoms with Crippen LogP contribution in [0.2, 0.25) is 0 Å². The van der Waals surface area contributed by atoms with Crippen molar-refractivity contribution < 1.29 is 0 Å². The molecule has 90 valence electrons. The summed E-state index contributed by atoms with van der Waals surface area (Å²) in [6.07, 6.45) is 7.35. The zero-order valence-corrected chi connectivity index (χ0v) is 11.0. The van der Waals surface area contributed by atoms with Crippen LogP contribution in [0.4, 0.5) is 0 Å². The molecule has 3 nitrogen and oxygen atoms in total. The van der Waals surface area contributed by atoms with Gasteiger partial charge in [-0.2, -0.15) is 0 Å². The molecule has 0 aliphatic rings. The third kappa shape index (κ3) is 6.08. The highest BCUT2D eigenvalue weighted by molar-refractivity contribution is 7.99. The van der Waals surface area contributed by atoms with Crippen molar-refractivity contribution in [3.05, 3.63) is 18.5 Å². The van der Waals surface area contributed by atoms with Crippen LogP contribution in [-0.2, 0) is 0 Å². The first-order chi connectivity index (χ1) is 7.83. The summed E-state index contributed by atoms with van der Waals surface area (Å²) in [7, 11) is 0. The summed E-state index contributed by atoms with van der Waals surface area (Å²) in [6.45, 7) is 5.46. The average Bonchev–Trinajstić information content (AvgIpc) is 2.30. The topological polar surface area (TPSA) is 37.8 Å². The van der Waals surface area contributed by atoms with E-state index in [0.717, 1.165) is 17.5 Å². The Morgan fingerprint density at radius 1 is 1.31 bits per heavy atom. The fourth-order valence-corrected chi connectivity index (χ4v) is 2.33. The van der Waals surface area contributed by atoms with Crippen molar-refractivity contribution in [2.45, 2.75) is 44.3 Å². The highest BCUT2D eigenvalue weighted by atomic mass is 32.2. The van der Waals surface area contributed by atoms with Crippen LogP contribution in [-0.4, -0.2) is 28.3 Å². The van der Waals surface area contributed by atoms with Crippen molar-refractivity contribution >= 4 is 11.8 Å². The SMILES string of the molecule is CCNC(C)CCCCSc1ncccn1. The van der Waals surface area contributed by atoms with Crippen LogP contribution in [0.15, 0.2) is 23.6 Å². The third-order valence-corrected chi connectivity index (χ3v) is 3.32. The molecule has 0 saturated heterocycles. The van der Waals surface area contributed by atoms with Crippen molar-refractivity contribution in [3.8, 4) is 0 Å². The molecule has 1 rings (SSSR count). The van der Waals surface area contributed by atoms with Crippen molar-refractivity contribution in [1.29, 1.82) is 0 Å². The smallest absolute Gasteiger partial charge is 0.187 e. The monoisotopic (exact) mass is 239 g/mol. The van der Waals surface area contributed by atoms with Gasteiger partial charge in [0, 0.05) is 24.2 Å². The normalized spacial score (nSPS) is 12.6. The van der Waals surface area contributed by atoms with Crippen LogP contribution in [0.1, 0.15) is 33.1 Å². The van der Waals surface area contributed by atoms with E-state index in [9.17, 15) is 0 Å². The molecule has 0 fully saturated rings. The van der Waals surface area contributed by atoms with Crippen molar-refractivity contribution in [2.24, 2.45) is 0 Å². The molecule has 0 aliphatic carbocycles. The molecule has 1 aromatic heterocycles. The maximum absolute atomic E-state index is 4.18. The van der Waals surface area contributed by atoms with Gasteiger partial charge in [-0.05, 0) is 32.4 Å². The van der Waals surface area contributed by atoms with Gasteiger partial charge in [0.25, 0.3) is 0 Å². The molecule has 4 heteroatoms. The van der Waals surface area contributed by atoms with Gasteiger partial charge >= 0.3 is 0 Å². The molecule has 0 saturated carbocycles. The summed E-state index contributed by atoms with van der Waals surface area (Å²) in [5.41, 5.74) is 0. The lowest BCUT2D eigenvalue weighted by Crippen LogP contribution is -2.25. The van der Waals surface area contributed by atoms with E-state index in [1.54, 1.807) is 24.2 Å². The molecule has 16 heavy (non-hydrogen) atoms. The molecule has 0 radical (unpaired) electrons. The van der Waals surface area contributed by atoms with Crippen molar-refractivity contribution in [2.75, 3.05) is 12.3 Å². The zero-order chi connectivity index (χ0) is 11.6. The molecule has 1 aromatic rings. The van der Waals surface area contributed by atoms with Gasteiger partial charge in [0.2, 0.25) is 0 Å². The van der Waals surface area contributed by atoms with Gasteiger partial charge in [-0.25, -0.2) is 9.97 Å². The Labute approximate surface area is 102 Å². The van der Waals surface area contributed by atoms with E-state index >= 15 is 0 Å². The second-order valence-corrected chi connectivity index (χ2v) is 4.90. The predicted molar refractivity (Wildman–Crippen MR) is 69.7 cm³/mol. The minimum absolute atomic E-state index is 0.642. The minimum atomic E-state index is 0.642. The Balaban J connectivity index is 2.00. The summed E-state index contributed by atoms with van der Waals surface area (Å²) >= 11 is 1.74. The van der Waals surface area contributed by atoms with Crippen molar-refractivity contribution in [1.82, 2.24) is 15.3 Å². The molecular formula is C12H21N3S. The van der Waals surface area contributed by atoms with E-state index in [-0.39, 0.29) is 0 Å². The van der Waals surface area contributed by atoms with Gasteiger partial charge in [0.05, 0.1) is 0 Å². The summed E-state index contributed by atoms with van der Waals surface area (Å²) in [6, 6.07) is 2.49. The Bertz CT molecular complexity index is 266. The quantitative estimate of drug-likeness (QED) is 0.430. The molecule has 0 aliphatic heterocycles. The van der Waals surface area contributed by atoms with Crippen LogP contribution >= 0.6 is 11.8 Å². The number of hydrogen-bond acceptors (Lipinski definition) is 4. The van der Waals surface area contributed by atoms with Gasteiger partial charge < -0.3 is 5.32 Å². The molecular weight excluding hydrogens is 218 g/mol. The standard InChI is InChI=1S/C12H21N3S/c1-3-13-11(2)7-4-5-10-16-12-14-8-6-9-15-12/h6,8-9,11,13H,3-5,7,10H2,1-2H3. The van der Waals surface area contributed by atoms with Gasteiger partial charge in [0.1, 0.15) is 0 Å². The first-order valence-electron chi connectivity index (χ1n) is 5.96. The van der Waals surface area contributed by atoms with Crippen LogP contribution < -0.4 is 5.32 Å². The van der Waals surface area contributed by atoms with Crippen molar-refractivity contribution in [3.63, 3.8) is 0 Å². The number of aromatic nitrogens is 2. The van der Waals surface area contributed by atoms with E-state index in [1.165, 1.54) is 19.3 Å². The van der Waals surface area contributed by atoms with E-state index < -0.39 is 0 Å². The number of thioether (sulfide) groups is 1. The molecule has 1 N–H and O–H groups in total. The Kier molecular flexibility index (Phi) is 7.17. The van der Waals surface area contributed by atoms with Crippen LogP contribution in [0.3, 0.4) is 0 Å². The van der Waals surface area contributed by atoms with Crippen LogP contribution in [0.25, 0.3) is 0 Å². The second-order valence-electron chi connectivity index (χ2n) is 3.83. The van der Waals surface area contributed by atoms with Crippen LogP contribution in [0, 0.1) is 0 Å². The lowest BCUT2D eigenvalue weighted by molar-refractivity contribution is 0.510. The molecule has 0 amide bonds. The zero-order valence-electron chi connectivity index (χ0n) is 10.1. The van der Waals surface area contributed by atoms with E-state index in [0.29, 0.717) is 6.04 Å². The molecule has 1 heterocycles. The highest BCUT2D eigenvalue weighted by Gasteiger charge is 2.00. The molecule has 0 spiro atoms. The van der Waals surface area contributed by atoms with Crippen LogP contribution in [0.5, 0.6) is 0 Å². The molecule has 0 aromatic carbocycles. The number of unbranched alkanes of at least 4 members (excludes halogenated alkanes) is 1. The second kappa shape index (κ2) is 8.53. The van der Waals surface area contributed by atoms with E-state index in [2.05, 4.69) is 29.1 Å². The lowest BCUT2D eigenvalue weighted by atomic mass is 10.1. The summed E-state index contributed by atoms with van der Waals surface area (Å²) in [5.74, 6) is 1.11. The maximum atomic E-state index is 4.18. The first-order valence-corrected chi connectivity index (χ1v) is 6.94. The molecule has 1 unspecified atom stereocenters. The molecule has 0 bridgehead atoms. The van der Waals surface area contributed by atoms with Gasteiger partial charge in [0.15, 0.2) is 5.16 Å². The average molecular weight is 239 g/mol. The molecule has 1 atom stereocenters. The fraction of sp³-hybridized carbons (Fsp3) is 0.667. The van der Waals surface area contributed by atoms with E-state index in [4.69, 9.17) is 0 Å². The summed E-state index contributed by atoms with van der Waals surface area (Å²) < 4.78 is 0. The Morgan fingerprint density at radius 3 is 2.75 bits per heavy atom. The number of nitrogens with one attached hydrogen (secondary N) is 1. The summed E-state index contributed by atoms with van der Waals surface area (Å²) in [4.78, 5) is 8.36. The van der Waals surface area contributed by atoms with Gasteiger partial charge in [-0.3, -0.25) is 0 Å². The number of nitrogens with zero attached hydrogens (tertiary/aromatic N) is 2. The minimum Gasteiger partial charge on any atom is -0.315 e.